The second-order valence-corrected chi connectivity index (χ2v) is 9.21. The summed E-state index contributed by atoms with van der Waals surface area (Å²) in [6.07, 6.45) is -1.62. The van der Waals surface area contributed by atoms with Gasteiger partial charge in [0.1, 0.15) is 6.67 Å². The van der Waals surface area contributed by atoms with Crippen LogP contribution in [-0.4, -0.2) is 48.5 Å². The first-order chi connectivity index (χ1) is 14.7. The molecule has 0 radical (unpaired) electrons. The number of carbonyl (C=O) groups excluding carboxylic acids is 1. The average molecular weight is 459 g/mol. The summed E-state index contributed by atoms with van der Waals surface area (Å²) in [5.41, 5.74) is 0.525. The highest BCUT2D eigenvalue weighted by atomic mass is 32.1. The van der Waals surface area contributed by atoms with Crippen molar-refractivity contribution in [2.45, 2.75) is 62.8 Å². The Labute approximate surface area is 184 Å². The van der Waals surface area contributed by atoms with Gasteiger partial charge in [-0.1, -0.05) is 18.2 Å². The molecule has 3 aliphatic rings. The van der Waals surface area contributed by atoms with Gasteiger partial charge in [-0.05, 0) is 67.4 Å². The van der Waals surface area contributed by atoms with E-state index in [1.54, 1.807) is 19.2 Å². The van der Waals surface area contributed by atoms with Gasteiger partial charge >= 0.3 is 6.18 Å². The van der Waals surface area contributed by atoms with Gasteiger partial charge in [0.05, 0.1) is 12.6 Å². The quantitative estimate of drug-likeness (QED) is 0.531. The molecule has 2 aliphatic carbocycles. The van der Waals surface area contributed by atoms with Crippen molar-refractivity contribution >= 4 is 23.2 Å². The fraction of sp³-hybridized carbons (Fsp3) is 0.636. The van der Waals surface area contributed by atoms with Crippen LogP contribution in [-0.2, 0) is 27.9 Å². The van der Waals surface area contributed by atoms with Crippen molar-refractivity contribution in [2.24, 2.45) is 5.41 Å². The van der Waals surface area contributed by atoms with E-state index in [0.717, 1.165) is 18.4 Å². The Kier molecular flexibility index (Phi) is 5.79. The molecule has 9 heteroatoms. The van der Waals surface area contributed by atoms with Crippen LogP contribution in [0, 0.1) is 5.41 Å². The summed E-state index contributed by atoms with van der Waals surface area (Å²) in [7, 11) is 1.67. The van der Waals surface area contributed by atoms with Crippen molar-refractivity contribution in [1.29, 1.82) is 0 Å². The highest BCUT2D eigenvalue weighted by molar-refractivity contribution is 7.80. The zero-order valence-electron chi connectivity index (χ0n) is 17.4. The lowest BCUT2D eigenvalue weighted by molar-refractivity contribution is -0.138. The van der Waals surface area contributed by atoms with Gasteiger partial charge in [0.15, 0.2) is 10.7 Å². The molecule has 2 fully saturated rings. The lowest BCUT2D eigenvalue weighted by Crippen LogP contribution is -2.56. The van der Waals surface area contributed by atoms with Crippen molar-refractivity contribution < 1.29 is 27.1 Å². The van der Waals surface area contributed by atoms with Gasteiger partial charge < -0.3 is 10.1 Å². The number of thiocarbonyl (C=S) groups is 1. The summed E-state index contributed by atoms with van der Waals surface area (Å²) in [6, 6.07) is 5.29. The second-order valence-electron chi connectivity index (χ2n) is 8.82. The molecule has 1 atom stereocenters. The van der Waals surface area contributed by atoms with E-state index in [1.165, 1.54) is 4.90 Å². The summed E-state index contributed by atoms with van der Waals surface area (Å²) < 4.78 is 57.0. The molecule has 1 amide bonds. The predicted molar refractivity (Wildman–Crippen MR) is 111 cm³/mol. The molecule has 1 saturated heterocycles. The molecule has 0 bridgehead atoms. The molecule has 4 rings (SSSR count). The van der Waals surface area contributed by atoms with Crippen LogP contribution in [0.3, 0.4) is 0 Å². The van der Waals surface area contributed by atoms with Gasteiger partial charge in [-0.3, -0.25) is 9.69 Å². The fourth-order valence-corrected chi connectivity index (χ4v) is 6.02. The van der Waals surface area contributed by atoms with E-state index in [-0.39, 0.29) is 30.1 Å². The molecular formula is C22H26F4N2O2S. The smallest absolute Gasteiger partial charge is 0.381 e. The molecule has 170 valence electrons. The molecule has 1 saturated carbocycles. The van der Waals surface area contributed by atoms with Crippen LogP contribution in [0.15, 0.2) is 18.2 Å². The van der Waals surface area contributed by atoms with Crippen LogP contribution < -0.4 is 5.32 Å². The largest absolute Gasteiger partial charge is 0.389 e. The van der Waals surface area contributed by atoms with Crippen LogP contribution in [0.5, 0.6) is 0 Å². The number of halogens is 4. The number of hydrogen-bond donors (Lipinski definition) is 1. The summed E-state index contributed by atoms with van der Waals surface area (Å²) in [5, 5.41) is 3.43. The van der Waals surface area contributed by atoms with E-state index >= 15 is 0 Å². The summed E-state index contributed by atoms with van der Waals surface area (Å²) >= 11 is 5.41. The number of nitrogens with one attached hydrogen (secondary N) is 1. The number of carbonyl (C=O) groups is 1. The minimum atomic E-state index is -4.25. The number of nitrogens with zero attached hydrogens (tertiary/aromatic N) is 1. The number of rotatable bonds is 5. The number of aryl methyl sites for hydroxylation is 1. The standard InChI is InChI=1S/C22H26F4N2O2S/c1-30-16-5-7-20(8-6-16)13-15-3-2-14(4-9-21(24,25)26)12-17(15)22(20)18(29)28(11-10-23)19(31)27-22/h2-3,12,16H,4-11,13H2,1H3,(H,27,31). The summed E-state index contributed by atoms with van der Waals surface area (Å²) in [4.78, 5) is 15.0. The third-order valence-electron chi connectivity index (χ3n) is 7.24. The molecule has 1 aliphatic heterocycles. The number of amides is 1. The van der Waals surface area contributed by atoms with Crippen molar-refractivity contribution in [2.75, 3.05) is 20.3 Å². The van der Waals surface area contributed by atoms with Crippen molar-refractivity contribution in [3.8, 4) is 0 Å². The Balaban J connectivity index is 1.77. The number of ether oxygens (including phenoxy) is 1. The third kappa shape index (κ3) is 3.63. The first kappa shape index (κ1) is 22.5. The maximum absolute atomic E-state index is 13.7. The first-order valence-corrected chi connectivity index (χ1v) is 11.0. The maximum atomic E-state index is 13.7. The monoisotopic (exact) mass is 458 g/mol. The van der Waals surface area contributed by atoms with Crippen LogP contribution in [0.1, 0.15) is 48.8 Å². The average Bonchev–Trinajstić information content (AvgIpc) is 3.14. The van der Waals surface area contributed by atoms with Gasteiger partial charge in [-0.25, -0.2) is 4.39 Å². The molecule has 0 aromatic heterocycles. The normalized spacial score (nSPS) is 30.4. The van der Waals surface area contributed by atoms with E-state index in [4.69, 9.17) is 17.0 Å². The van der Waals surface area contributed by atoms with Crippen molar-refractivity contribution in [1.82, 2.24) is 10.2 Å². The minimum absolute atomic E-state index is 0.110. The van der Waals surface area contributed by atoms with Crippen LogP contribution in [0.2, 0.25) is 0 Å². The Morgan fingerprint density at radius 1 is 1.29 bits per heavy atom. The van der Waals surface area contributed by atoms with Gasteiger partial charge in [-0.2, -0.15) is 13.2 Å². The van der Waals surface area contributed by atoms with Gasteiger partial charge in [-0.15, -0.1) is 0 Å². The molecule has 1 heterocycles. The number of hydrogen-bond acceptors (Lipinski definition) is 3. The number of methoxy groups -OCH3 is 1. The highest BCUT2D eigenvalue weighted by Gasteiger charge is 2.67. The van der Waals surface area contributed by atoms with Crippen LogP contribution in [0.4, 0.5) is 17.6 Å². The van der Waals surface area contributed by atoms with Gasteiger partial charge in [0, 0.05) is 18.9 Å². The third-order valence-corrected chi connectivity index (χ3v) is 7.56. The van der Waals surface area contributed by atoms with Crippen molar-refractivity contribution in [3.05, 3.63) is 34.9 Å². The van der Waals surface area contributed by atoms with E-state index in [0.29, 0.717) is 30.4 Å². The number of alkyl halides is 4. The molecule has 2 spiro atoms. The van der Waals surface area contributed by atoms with E-state index in [9.17, 15) is 22.4 Å². The van der Waals surface area contributed by atoms with Crippen LogP contribution in [0.25, 0.3) is 0 Å². The highest BCUT2D eigenvalue weighted by Crippen LogP contribution is 2.60. The lowest BCUT2D eigenvalue weighted by Gasteiger charge is -2.46. The molecule has 4 nitrogen and oxygen atoms in total. The number of benzene rings is 1. The molecule has 1 N–H and O–H groups in total. The lowest BCUT2D eigenvalue weighted by atomic mass is 9.61. The minimum Gasteiger partial charge on any atom is -0.381 e. The predicted octanol–water partition coefficient (Wildman–Crippen LogP) is 4.19. The summed E-state index contributed by atoms with van der Waals surface area (Å²) in [5.74, 6) is -0.294. The van der Waals surface area contributed by atoms with E-state index < -0.39 is 30.2 Å². The summed E-state index contributed by atoms with van der Waals surface area (Å²) in [6.45, 7) is -0.854. The Morgan fingerprint density at radius 2 is 2.00 bits per heavy atom. The Bertz CT molecular complexity index is 883. The SMILES string of the molecule is COC1CCC2(CC1)Cc1ccc(CCC(F)(F)F)cc1C21NC(=S)N(CCF)C1=O. The second kappa shape index (κ2) is 7.99. The van der Waals surface area contributed by atoms with E-state index in [2.05, 4.69) is 5.32 Å². The first-order valence-electron chi connectivity index (χ1n) is 10.6. The maximum Gasteiger partial charge on any atom is 0.389 e. The topological polar surface area (TPSA) is 41.6 Å². The number of fused-ring (bicyclic) bond motifs is 3. The Hall–Kier alpha value is -1.74. The Morgan fingerprint density at radius 3 is 2.61 bits per heavy atom. The van der Waals surface area contributed by atoms with Gasteiger partial charge in [0.2, 0.25) is 0 Å². The zero-order chi connectivity index (χ0) is 22.4. The van der Waals surface area contributed by atoms with E-state index in [1.807, 2.05) is 6.07 Å². The zero-order valence-corrected chi connectivity index (χ0v) is 18.2. The fourth-order valence-electron chi connectivity index (χ4n) is 5.69. The van der Waals surface area contributed by atoms with Crippen LogP contribution >= 0.6 is 12.2 Å². The molecule has 1 unspecified atom stereocenters. The molecule has 1 aromatic carbocycles. The van der Waals surface area contributed by atoms with Gasteiger partial charge in [0.25, 0.3) is 5.91 Å². The van der Waals surface area contributed by atoms with Crippen molar-refractivity contribution in [3.63, 3.8) is 0 Å². The molecule has 1 aromatic rings. The molecule has 31 heavy (non-hydrogen) atoms. The molecular weight excluding hydrogens is 432 g/mol.